The fourth-order valence-electron chi connectivity index (χ4n) is 2.12. The van der Waals surface area contributed by atoms with Crippen molar-refractivity contribution in [3.05, 3.63) is 48.5 Å². The van der Waals surface area contributed by atoms with Crippen LogP contribution >= 0.6 is 0 Å². The van der Waals surface area contributed by atoms with Crippen LogP contribution in [0.25, 0.3) is 0 Å². The van der Waals surface area contributed by atoms with Gasteiger partial charge in [-0.15, -0.1) is 0 Å². The number of carbonyl (C=O) groups is 1. The van der Waals surface area contributed by atoms with Crippen LogP contribution in [0.2, 0.25) is 0 Å². The maximum Gasteiger partial charge on any atom is 0.239 e. The number of anilines is 1. The third-order valence-corrected chi connectivity index (χ3v) is 6.09. The molecule has 2 aromatic carbocycles. The van der Waals surface area contributed by atoms with Crippen molar-refractivity contribution in [2.45, 2.75) is 9.79 Å². The van der Waals surface area contributed by atoms with Gasteiger partial charge in [0.25, 0.3) is 0 Å². The molecule has 0 heterocycles. The summed E-state index contributed by atoms with van der Waals surface area (Å²) in [5, 5.41) is 2.34. The minimum absolute atomic E-state index is 0.0279. The largest absolute Gasteiger partial charge is 0.497 e. The number of carbonyl (C=O) groups excluding carboxylic acids is 1. The average Bonchev–Trinajstić information content (AvgIpc) is 2.54. The second kappa shape index (κ2) is 7.24. The minimum atomic E-state index is -3.87. The van der Waals surface area contributed by atoms with Crippen LogP contribution in [0, 0.1) is 0 Å². The standard InChI is InChI=1S/C16H17NO6S2/c1-23-12-7-9-13(10-8-12)25(21,22)11-16(18)17-14-5-3-4-6-15(14)24(2,19)20/h3-10H,11H2,1-2H3,(H,17,18). The van der Waals surface area contributed by atoms with E-state index < -0.39 is 31.3 Å². The normalized spacial score (nSPS) is 11.8. The molecule has 134 valence electrons. The van der Waals surface area contributed by atoms with Crippen LogP contribution in [-0.2, 0) is 24.5 Å². The fourth-order valence-corrected chi connectivity index (χ4v) is 4.10. The van der Waals surface area contributed by atoms with E-state index in [9.17, 15) is 21.6 Å². The number of amides is 1. The predicted octanol–water partition coefficient (Wildman–Crippen LogP) is 1.51. The first-order chi connectivity index (χ1) is 11.6. The number of benzene rings is 2. The molecule has 25 heavy (non-hydrogen) atoms. The lowest BCUT2D eigenvalue weighted by Crippen LogP contribution is -2.23. The van der Waals surface area contributed by atoms with Gasteiger partial charge in [-0.3, -0.25) is 4.79 Å². The number of ether oxygens (including phenoxy) is 1. The van der Waals surface area contributed by atoms with Crippen molar-refractivity contribution in [3.8, 4) is 5.75 Å². The number of nitrogens with one attached hydrogen (secondary N) is 1. The van der Waals surface area contributed by atoms with E-state index in [-0.39, 0.29) is 15.5 Å². The summed E-state index contributed by atoms with van der Waals surface area (Å²) in [4.78, 5) is 12.0. The average molecular weight is 383 g/mol. The van der Waals surface area contributed by atoms with E-state index in [1.54, 1.807) is 6.07 Å². The Hall–Kier alpha value is -2.39. The zero-order chi connectivity index (χ0) is 18.7. The topological polar surface area (TPSA) is 107 Å². The summed E-state index contributed by atoms with van der Waals surface area (Å²) in [7, 11) is -5.98. The molecule has 2 rings (SSSR count). The molecule has 0 aliphatic carbocycles. The minimum Gasteiger partial charge on any atom is -0.497 e. The van der Waals surface area contributed by atoms with Crippen LogP contribution in [0.3, 0.4) is 0 Å². The second-order valence-electron chi connectivity index (χ2n) is 5.25. The molecular formula is C16H17NO6S2. The molecule has 2 aromatic rings. The van der Waals surface area contributed by atoms with Gasteiger partial charge in [-0.25, -0.2) is 16.8 Å². The molecule has 0 saturated heterocycles. The Bertz CT molecular complexity index is 980. The van der Waals surface area contributed by atoms with Gasteiger partial charge in [0, 0.05) is 6.26 Å². The maximum absolute atomic E-state index is 12.3. The lowest BCUT2D eigenvalue weighted by molar-refractivity contribution is -0.113. The highest BCUT2D eigenvalue weighted by molar-refractivity contribution is 7.92. The van der Waals surface area contributed by atoms with Crippen LogP contribution in [0.15, 0.2) is 58.3 Å². The summed E-state index contributed by atoms with van der Waals surface area (Å²) in [5.41, 5.74) is 0.0416. The van der Waals surface area contributed by atoms with Crippen LogP contribution in [0.1, 0.15) is 0 Å². The summed E-state index contributed by atoms with van der Waals surface area (Å²) in [5.74, 6) is -1.14. The van der Waals surface area contributed by atoms with Crippen LogP contribution in [-0.4, -0.2) is 41.9 Å². The molecule has 0 saturated carbocycles. The molecule has 0 aliphatic heterocycles. The number of sulfone groups is 2. The quantitative estimate of drug-likeness (QED) is 0.810. The first-order valence-corrected chi connectivity index (χ1v) is 10.6. The molecule has 0 aromatic heterocycles. The van der Waals surface area contributed by atoms with E-state index in [0.717, 1.165) is 6.26 Å². The lowest BCUT2D eigenvalue weighted by Gasteiger charge is -2.10. The van der Waals surface area contributed by atoms with E-state index >= 15 is 0 Å². The SMILES string of the molecule is COc1ccc(S(=O)(=O)CC(=O)Nc2ccccc2S(C)(=O)=O)cc1. The van der Waals surface area contributed by atoms with E-state index in [4.69, 9.17) is 4.74 Å². The fraction of sp³-hybridized carbons (Fsp3) is 0.188. The van der Waals surface area contributed by atoms with Gasteiger partial charge in [-0.2, -0.15) is 0 Å². The molecule has 0 bridgehead atoms. The third kappa shape index (κ3) is 4.80. The molecule has 0 spiro atoms. The molecule has 0 fully saturated rings. The van der Waals surface area contributed by atoms with Crippen molar-refractivity contribution >= 4 is 31.3 Å². The van der Waals surface area contributed by atoms with E-state index in [2.05, 4.69) is 5.32 Å². The molecule has 9 heteroatoms. The van der Waals surface area contributed by atoms with Crippen molar-refractivity contribution in [1.82, 2.24) is 0 Å². The van der Waals surface area contributed by atoms with Crippen molar-refractivity contribution < 1.29 is 26.4 Å². The zero-order valence-electron chi connectivity index (χ0n) is 13.6. The van der Waals surface area contributed by atoms with E-state index in [0.29, 0.717) is 5.75 Å². The Morgan fingerprint density at radius 1 is 1.00 bits per heavy atom. The van der Waals surface area contributed by atoms with Crippen LogP contribution < -0.4 is 10.1 Å². The first kappa shape index (κ1) is 18.9. The molecule has 0 atom stereocenters. The number of hydrogen-bond donors (Lipinski definition) is 1. The summed E-state index contributed by atoms with van der Waals surface area (Å²) in [6.45, 7) is 0. The Balaban J connectivity index is 2.20. The molecule has 7 nitrogen and oxygen atoms in total. The monoisotopic (exact) mass is 383 g/mol. The van der Waals surface area contributed by atoms with Crippen LogP contribution in [0.4, 0.5) is 5.69 Å². The van der Waals surface area contributed by atoms with Crippen molar-refractivity contribution in [3.63, 3.8) is 0 Å². The van der Waals surface area contributed by atoms with Gasteiger partial charge in [-0.05, 0) is 36.4 Å². The Morgan fingerprint density at radius 3 is 2.16 bits per heavy atom. The third-order valence-electron chi connectivity index (χ3n) is 3.30. The second-order valence-corrected chi connectivity index (χ2v) is 9.22. The number of hydrogen-bond acceptors (Lipinski definition) is 6. The van der Waals surface area contributed by atoms with Crippen molar-refractivity contribution in [1.29, 1.82) is 0 Å². The van der Waals surface area contributed by atoms with Crippen LogP contribution in [0.5, 0.6) is 5.75 Å². The Labute approximate surface area is 146 Å². The van der Waals surface area contributed by atoms with Gasteiger partial charge in [0.2, 0.25) is 5.91 Å². The van der Waals surface area contributed by atoms with Gasteiger partial charge < -0.3 is 10.1 Å². The van der Waals surface area contributed by atoms with Crippen molar-refractivity contribution in [2.24, 2.45) is 0 Å². The molecule has 1 amide bonds. The Morgan fingerprint density at radius 2 is 1.60 bits per heavy atom. The molecule has 1 N–H and O–H groups in total. The van der Waals surface area contributed by atoms with E-state index in [1.807, 2.05) is 0 Å². The molecule has 0 unspecified atom stereocenters. The Kier molecular flexibility index (Phi) is 5.48. The first-order valence-electron chi connectivity index (χ1n) is 7.09. The lowest BCUT2D eigenvalue weighted by atomic mass is 10.3. The van der Waals surface area contributed by atoms with Gasteiger partial charge in [-0.1, -0.05) is 12.1 Å². The highest BCUT2D eigenvalue weighted by Crippen LogP contribution is 2.21. The predicted molar refractivity (Wildman–Crippen MR) is 93.2 cm³/mol. The van der Waals surface area contributed by atoms with Gasteiger partial charge in [0.1, 0.15) is 11.5 Å². The zero-order valence-corrected chi connectivity index (χ0v) is 15.2. The number of para-hydroxylation sites is 1. The van der Waals surface area contributed by atoms with Gasteiger partial charge in [0.15, 0.2) is 19.7 Å². The number of methoxy groups -OCH3 is 1. The van der Waals surface area contributed by atoms with E-state index in [1.165, 1.54) is 49.6 Å². The highest BCUT2D eigenvalue weighted by Gasteiger charge is 2.21. The smallest absolute Gasteiger partial charge is 0.239 e. The van der Waals surface area contributed by atoms with Gasteiger partial charge in [0.05, 0.1) is 22.6 Å². The summed E-state index contributed by atoms with van der Waals surface area (Å²) in [6.07, 6.45) is 1.01. The maximum atomic E-state index is 12.3. The summed E-state index contributed by atoms with van der Waals surface area (Å²) < 4.78 is 53.0. The highest BCUT2D eigenvalue weighted by atomic mass is 32.2. The molecular weight excluding hydrogens is 366 g/mol. The summed E-state index contributed by atoms with van der Waals surface area (Å²) >= 11 is 0. The van der Waals surface area contributed by atoms with Gasteiger partial charge >= 0.3 is 0 Å². The molecule has 0 radical (unpaired) electrons. The molecule has 0 aliphatic rings. The van der Waals surface area contributed by atoms with Crippen molar-refractivity contribution in [2.75, 3.05) is 24.4 Å². The summed E-state index contributed by atoms with van der Waals surface area (Å²) in [6, 6.07) is 11.4. The number of rotatable bonds is 6.